The molecule has 6 nitrogen and oxygen atoms in total. The molecule has 0 spiro atoms. The van der Waals surface area contributed by atoms with Crippen LogP contribution in [0.2, 0.25) is 0 Å². The summed E-state index contributed by atoms with van der Waals surface area (Å²) in [5.74, 6) is -2.03. The molecule has 0 radical (unpaired) electrons. The summed E-state index contributed by atoms with van der Waals surface area (Å²) in [7, 11) is 0. The van der Waals surface area contributed by atoms with Crippen molar-refractivity contribution < 1.29 is 23.8 Å². The molecule has 1 aromatic heterocycles. The van der Waals surface area contributed by atoms with Gasteiger partial charge in [0.2, 0.25) is 0 Å². The number of aliphatic carboxylic acids is 1. The molecule has 1 aliphatic heterocycles. The van der Waals surface area contributed by atoms with Gasteiger partial charge in [0.25, 0.3) is 5.91 Å². The molecule has 1 aliphatic rings. The quantitative estimate of drug-likeness (QED) is 0.895. The predicted octanol–water partition coefficient (Wildman–Crippen LogP) is 2.13. The average molecular weight is 332 g/mol. The normalized spacial score (nSPS) is 16.7. The number of pyridine rings is 1. The fourth-order valence-electron chi connectivity index (χ4n) is 3.06. The molecule has 0 atom stereocenters. The van der Waals surface area contributed by atoms with Crippen LogP contribution in [-0.4, -0.2) is 40.7 Å². The van der Waals surface area contributed by atoms with Crippen LogP contribution in [0, 0.1) is 5.82 Å². The summed E-state index contributed by atoms with van der Waals surface area (Å²) in [6.45, 7) is 0.748. The second kappa shape index (κ2) is 6.52. The summed E-state index contributed by atoms with van der Waals surface area (Å²) in [5.41, 5.74) is -0.739. The number of nitrogens with one attached hydrogen (secondary N) is 1. The summed E-state index contributed by atoms with van der Waals surface area (Å²) in [4.78, 5) is 27.9. The molecule has 0 saturated carbocycles. The zero-order valence-corrected chi connectivity index (χ0v) is 12.9. The first-order chi connectivity index (χ1) is 11.5. The molecule has 7 heteroatoms. The first kappa shape index (κ1) is 16.3. The number of aromatic nitrogens is 1. The van der Waals surface area contributed by atoms with E-state index in [1.54, 1.807) is 6.07 Å². The zero-order valence-electron chi connectivity index (χ0n) is 12.9. The lowest BCUT2D eigenvalue weighted by Gasteiger charge is -2.37. The van der Waals surface area contributed by atoms with E-state index in [2.05, 4.69) is 10.3 Å². The summed E-state index contributed by atoms with van der Waals surface area (Å²) in [6, 6.07) is 4.10. The minimum Gasteiger partial charge on any atom is -0.481 e. The fraction of sp³-hybridized carbons (Fsp3) is 0.353. The summed E-state index contributed by atoms with van der Waals surface area (Å²) >= 11 is 0. The van der Waals surface area contributed by atoms with E-state index in [0.717, 1.165) is 6.07 Å². The molecule has 2 N–H and O–H groups in total. The number of ether oxygens (including phenoxy) is 1. The molecule has 1 amide bonds. The zero-order chi connectivity index (χ0) is 17.2. The third kappa shape index (κ3) is 3.35. The lowest BCUT2D eigenvalue weighted by atomic mass is 9.86. The van der Waals surface area contributed by atoms with Crippen LogP contribution in [0.5, 0.6) is 0 Å². The molecular weight excluding hydrogens is 315 g/mol. The second-order valence-electron chi connectivity index (χ2n) is 5.97. The Balaban J connectivity index is 1.95. The maximum Gasteiger partial charge on any atom is 0.305 e. The van der Waals surface area contributed by atoms with Gasteiger partial charge in [-0.3, -0.25) is 14.6 Å². The molecule has 1 saturated heterocycles. The van der Waals surface area contributed by atoms with Crippen LogP contribution in [0.15, 0.2) is 30.6 Å². The first-order valence-electron chi connectivity index (χ1n) is 7.64. The second-order valence-corrected chi connectivity index (χ2v) is 5.97. The Kier molecular flexibility index (Phi) is 4.44. The molecule has 2 aromatic rings. The number of hydrogen-bond donors (Lipinski definition) is 2. The monoisotopic (exact) mass is 332 g/mol. The molecule has 1 aromatic carbocycles. The molecule has 0 aliphatic carbocycles. The Morgan fingerprint density at radius 2 is 2.08 bits per heavy atom. The number of fused-ring (bicyclic) bond motifs is 1. The molecule has 1 fully saturated rings. The first-order valence-corrected chi connectivity index (χ1v) is 7.64. The number of benzene rings is 1. The minimum absolute atomic E-state index is 0.148. The fourth-order valence-corrected chi connectivity index (χ4v) is 3.06. The number of carbonyl (C=O) groups excluding carboxylic acids is 1. The van der Waals surface area contributed by atoms with Crippen molar-refractivity contribution >= 4 is 22.6 Å². The van der Waals surface area contributed by atoms with Gasteiger partial charge in [0, 0.05) is 31.0 Å². The highest BCUT2D eigenvalue weighted by Gasteiger charge is 2.37. The van der Waals surface area contributed by atoms with Crippen LogP contribution in [0.4, 0.5) is 4.39 Å². The van der Waals surface area contributed by atoms with E-state index >= 15 is 0 Å². The molecule has 0 bridgehead atoms. The standard InChI is InChI=1S/C17H17FN2O4/c18-12-7-11-1-4-19-10-14(11)13(8-12)16(23)20-17(9-15(21)22)2-5-24-6-3-17/h1,4,7-8,10H,2-3,5-6,9H2,(H,20,23)(H,21,22). The van der Waals surface area contributed by atoms with Crippen molar-refractivity contribution in [1.82, 2.24) is 10.3 Å². The van der Waals surface area contributed by atoms with E-state index < -0.39 is 23.2 Å². The maximum absolute atomic E-state index is 13.8. The summed E-state index contributed by atoms with van der Waals surface area (Å²) < 4.78 is 19.1. The van der Waals surface area contributed by atoms with Crippen LogP contribution >= 0.6 is 0 Å². The highest BCUT2D eigenvalue weighted by Crippen LogP contribution is 2.27. The SMILES string of the molecule is O=C(O)CC1(NC(=O)c2cc(F)cc3ccncc23)CCOCC1. The van der Waals surface area contributed by atoms with Gasteiger partial charge in [-0.25, -0.2) is 4.39 Å². The smallest absolute Gasteiger partial charge is 0.305 e. The number of halogens is 1. The third-order valence-electron chi connectivity index (χ3n) is 4.28. The third-order valence-corrected chi connectivity index (χ3v) is 4.28. The van der Waals surface area contributed by atoms with E-state index in [9.17, 15) is 14.0 Å². The van der Waals surface area contributed by atoms with Gasteiger partial charge in [-0.15, -0.1) is 0 Å². The van der Waals surface area contributed by atoms with E-state index in [0.29, 0.717) is 36.8 Å². The number of carbonyl (C=O) groups is 2. The number of nitrogens with zero attached hydrogens (tertiary/aromatic N) is 1. The van der Waals surface area contributed by atoms with E-state index in [1.807, 2.05) is 0 Å². The van der Waals surface area contributed by atoms with Crippen LogP contribution < -0.4 is 5.32 Å². The Bertz CT molecular complexity index is 787. The van der Waals surface area contributed by atoms with Gasteiger partial charge in [-0.05, 0) is 36.4 Å². The highest BCUT2D eigenvalue weighted by molar-refractivity contribution is 6.07. The summed E-state index contributed by atoms with van der Waals surface area (Å²) in [6.07, 6.45) is 3.62. The van der Waals surface area contributed by atoms with Crippen LogP contribution in [0.1, 0.15) is 29.6 Å². The molecular formula is C17H17FN2O4. The number of carboxylic acids is 1. The van der Waals surface area contributed by atoms with Gasteiger partial charge >= 0.3 is 5.97 Å². The van der Waals surface area contributed by atoms with Crippen molar-refractivity contribution in [2.75, 3.05) is 13.2 Å². The van der Waals surface area contributed by atoms with Crippen molar-refractivity contribution in [3.8, 4) is 0 Å². The largest absolute Gasteiger partial charge is 0.481 e. The molecule has 2 heterocycles. The van der Waals surface area contributed by atoms with E-state index in [4.69, 9.17) is 9.84 Å². The average Bonchev–Trinajstić information content (AvgIpc) is 2.53. The molecule has 0 unspecified atom stereocenters. The Hall–Kier alpha value is -2.54. The minimum atomic E-state index is -0.997. The number of rotatable bonds is 4. The van der Waals surface area contributed by atoms with Gasteiger partial charge in [0.15, 0.2) is 0 Å². The van der Waals surface area contributed by atoms with Crippen molar-refractivity contribution in [2.45, 2.75) is 24.8 Å². The van der Waals surface area contributed by atoms with E-state index in [-0.39, 0.29) is 12.0 Å². The number of carboxylic acid groups (broad SMARTS) is 1. The highest BCUT2D eigenvalue weighted by atomic mass is 19.1. The lowest BCUT2D eigenvalue weighted by molar-refractivity contribution is -0.139. The van der Waals surface area contributed by atoms with Crippen molar-refractivity contribution in [1.29, 1.82) is 0 Å². The van der Waals surface area contributed by atoms with Gasteiger partial charge in [-0.2, -0.15) is 0 Å². The molecule has 3 rings (SSSR count). The topological polar surface area (TPSA) is 88.5 Å². The van der Waals surface area contributed by atoms with Gasteiger partial charge in [0.05, 0.1) is 17.5 Å². The van der Waals surface area contributed by atoms with Crippen molar-refractivity contribution in [2.24, 2.45) is 0 Å². The maximum atomic E-state index is 13.8. The van der Waals surface area contributed by atoms with Crippen LogP contribution in [-0.2, 0) is 9.53 Å². The number of hydrogen-bond acceptors (Lipinski definition) is 4. The van der Waals surface area contributed by atoms with Gasteiger partial charge in [-0.1, -0.05) is 0 Å². The van der Waals surface area contributed by atoms with Crippen molar-refractivity contribution in [3.05, 3.63) is 42.0 Å². The number of amides is 1. The Morgan fingerprint density at radius 1 is 1.33 bits per heavy atom. The van der Waals surface area contributed by atoms with E-state index in [1.165, 1.54) is 18.5 Å². The van der Waals surface area contributed by atoms with Gasteiger partial charge < -0.3 is 15.2 Å². The van der Waals surface area contributed by atoms with Crippen LogP contribution in [0.25, 0.3) is 10.8 Å². The summed E-state index contributed by atoms with van der Waals surface area (Å²) in [5, 5.41) is 13.1. The Morgan fingerprint density at radius 3 is 2.79 bits per heavy atom. The van der Waals surface area contributed by atoms with Crippen LogP contribution in [0.3, 0.4) is 0 Å². The van der Waals surface area contributed by atoms with Crippen molar-refractivity contribution in [3.63, 3.8) is 0 Å². The molecule has 126 valence electrons. The molecule has 24 heavy (non-hydrogen) atoms. The Labute approximate surface area is 137 Å². The lowest BCUT2D eigenvalue weighted by Crippen LogP contribution is -2.53. The predicted molar refractivity (Wildman–Crippen MR) is 84.2 cm³/mol. The van der Waals surface area contributed by atoms with Gasteiger partial charge in [0.1, 0.15) is 5.82 Å².